The van der Waals surface area contributed by atoms with E-state index in [-0.39, 0.29) is 17.7 Å². The van der Waals surface area contributed by atoms with Gasteiger partial charge in [0, 0.05) is 22.2 Å². The molecule has 4 heteroatoms. The van der Waals surface area contributed by atoms with E-state index in [1.807, 2.05) is 6.92 Å². The number of halogens is 3. The van der Waals surface area contributed by atoms with Crippen molar-refractivity contribution in [1.82, 2.24) is 5.32 Å². The summed E-state index contributed by atoms with van der Waals surface area (Å²) in [6.45, 7) is 4.31. The summed E-state index contributed by atoms with van der Waals surface area (Å²) in [6.07, 6.45) is 0.305. The molecule has 1 nitrogen and oxygen atoms in total. The number of hydrogen-bond acceptors (Lipinski definition) is 1. The highest BCUT2D eigenvalue weighted by molar-refractivity contribution is 6.31. The quantitative estimate of drug-likeness (QED) is 0.835. The Morgan fingerprint density at radius 1 is 1.14 bits per heavy atom. The van der Waals surface area contributed by atoms with Gasteiger partial charge in [-0.15, -0.1) is 0 Å². The largest absolute Gasteiger partial charge is 0.310 e. The molecule has 21 heavy (non-hydrogen) atoms. The summed E-state index contributed by atoms with van der Waals surface area (Å²) in [5.41, 5.74) is 1.53. The first-order valence-corrected chi connectivity index (χ1v) is 7.33. The molecule has 0 saturated carbocycles. The Morgan fingerprint density at radius 3 is 2.52 bits per heavy atom. The molecule has 112 valence electrons. The highest BCUT2D eigenvalue weighted by Crippen LogP contribution is 2.28. The Bertz CT molecular complexity index is 608. The van der Waals surface area contributed by atoms with Gasteiger partial charge in [-0.3, -0.25) is 0 Å². The van der Waals surface area contributed by atoms with Gasteiger partial charge in [0.05, 0.1) is 0 Å². The Balaban J connectivity index is 2.38. The summed E-state index contributed by atoms with van der Waals surface area (Å²) >= 11 is 6.07. The van der Waals surface area contributed by atoms with Crippen molar-refractivity contribution in [3.05, 3.63) is 69.7 Å². The zero-order chi connectivity index (χ0) is 15.4. The summed E-state index contributed by atoms with van der Waals surface area (Å²) in [7, 11) is 0. The van der Waals surface area contributed by atoms with E-state index in [9.17, 15) is 8.78 Å². The van der Waals surface area contributed by atoms with Gasteiger partial charge >= 0.3 is 0 Å². The molecule has 0 spiro atoms. The molecule has 0 aliphatic carbocycles. The third kappa shape index (κ3) is 3.60. The van der Waals surface area contributed by atoms with Gasteiger partial charge in [-0.25, -0.2) is 8.78 Å². The van der Waals surface area contributed by atoms with Crippen LogP contribution in [0.4, 0.5) is 8.78 Å². The maximum Gasteiger partial charge on any atom is 0.130 e. The molecule has 0 heterocycles. The van der Waals surface area contributed by atoms with E-state index >= 15 is 0 Å². The van der Waals surface area contributed by atoms with Gasteiger partial charge in [-0.2, -0.15) is 0 Å². The summed E-state index contributed by atoms with van der Waals surface area (Å²) in [5.74, 6) is -0.616. The van der Waals surface area contributed by atoms with Crippen molar-refractivity contribution in [2.45, 2.75) is 26.3 Å². The molecule has 0 saturated heterocycles. The molecular formula is C17H18ClF2N. The number of aryl methyl sites for hydroxylation is 1. The second-order valence-electron chi connectivity index (χ2n) is 4.99. The molecule has 0 aliphatic heterocycles. The average Bonchev–Trinajstić information content (AvgIpc) is 2.45. The Labute approximate surface area is 128 Å². The first-order chi connectivity index (χ1) is 10.0. The average molecular weight is 310 g/mol. The SMILES string of the molecule is CCNC(Cc1c(F)cccc1Cl)c1cccc(C)c1F. The van der Waals surface area contributed by atoms with Gasteiger partial charge in [0.25, 0.3) is 0 Å². The highest BCUT2D eigenvalue weighted by Gasteiger charge is 2.19. The van der Waals surface area contributed by atoms with Crippen molar-refractivity contribution >= 4 is 11.6 Å². The van der Waals surface area contributed by atoms with Crippen LogP contribution in [0.25, 0.3) is 0 Å². The van der Waals surface area contributed by atoms with Crippen LogP contribution in [0.3, 0.4) is 0 Å². The molecule has 0 radical (unpaired) electrons. The van der Waals surface area contributed by atoms with E-state index in [0.29, 0.717) is 34.7 Å². The van der Waals surface area contributed by atoms with Crippen LogP contribution in [-0.4, -0.2) is 6.54 Å². The van der Waals surface area contributed by atoms with Crippen LogP contribution in [-0.2, 0) is 6.42 Å². The second kappa shape index (κ2) is 7.01. The number of benzene rings is 2. The van der Waals surface area contributed by atoms with Crippen molar-refractivity contribution in [2.24, 2.45) is 0 Å². The van der Waals surface area contributed by atoms with Crippen LogP contribution in [0.1, 0.15) is 29.7 Å². The Kier molecular flexibility index (Phi) is 5.32. The van der Waals surface area contributed by atoms with Gasteiger partial charge in [0.1, 0.15) is 11.6 Å². The van der Waals surface area contributed by atoms with Crippen molar-refractivity contribution in [3.63, 3.8) is 0 Å². The fourth-order valence-electron chi connectivity index (χ4n) is 2.41. The molecule has 1 unspecified atom stereocenters. The molecule has 0 bridgehead atoms. The first kappa shape index (κ1) is 15.9. The van der Waals surface area contributed by atoms with Crippen molar-refractivity contribution in [2.75, 3.05) is 6.54 Å². The van der Waals surface area contributed by atoms with Gasteiger partial charge in [0.2, 0.25) is 0 Å². The molecule has 2 rings (SSSR count). The zero-order valence-electron chi connectivity index (χ0n) is 12.1. The van der Waals surface area contributed by atoms with Crippen LogP contribution in [0.2, 0.25) is 5.02 Å². The lowest BCUT2D eigenvalue weighted by Crippen LogP contribution is -2.24. The van der Waals surface area contributed by atoms with Crippen LogP contribution in [0, 0.1) is 18.6 Å². The molecule has 2 aromatic rings. The standard InChI is InChI=1S/C17H18ClF2N/c1-3-21-16(12-7-4-6-11(2)17(12)20)10-13-14(18)8-5-9-15(13)19/h4-9,16,21H,3,10H2,1-2H3. The minimum absolute atomic E-state index is 0.254. The lowest BCUT2D eigenvalue weighted by Gasteiger charge is -2.20. The van der Waals surface area contributed by atoms with Crippen molar-refractivity contribution < 1.29 is 8.78 Å². The third-order valence-electron chi connectivity index (χ3n) is 3.52. The van der Waals surface area contributed by atoms with Gasteiger partial charge in [-0.1, -0.05) is 42.8 Å². The predicted molar refractivity (Wildman–Crippen MR) is 82.7 cm³/mol. The highest BCUT2D eigenvalue weighted by atomic mass is 35.5. The first-order valence-electron chi connectivity index (χ1n) is 6.95. The maximum atomic E-state index is 14.3. The number of rotatable bonds is 5. The van der Waals surface area contributed by atoms with Crippen molar-refractivity contribution in [3.8, 4) is 0 Å². The molecular weight excluding hydrogens is 292 g/mol. The minimum atomic E-state index is -0.363. The van der Waals surface area contributed by atoms with E-state index in [0.717, 1.165) is 0 Å². The second-order valence-corrected chi connectivity index (χ2v) is 5.40. The maximum absolute atomic E-state index is 14.3. The minimum Gasteiger partial charge on any atom is -0.310 e. The zero-order valence-corrected chi connectivity index (χ0v) is 12.8. The molecule has 0 aliphatic rings. The summed E-state index contributed by atoms with van der Waals surface area (Å²) < 4.78 is 28.3. The van der Waals surface area contributed by atoms with Crippen LogP contribution in [0.15, 0.2) is 36.4 Å². The van der Waals surface area contributed by atoms with Crippen LogP contribution < -0.4 is 5.32 Å². The van der Waals surface area contributed by atoms with Gasteiger partial charge in [0.15, 0.2) is 0 Å². The number of hydrogen-bond donors (Lipinski definition) is 1. The van der Waals surface area contributed by atoms with Crippen LogP contribution >= 0.6 is 11.6 Å². The van der Waals surface area contributed by atoms with E-state index in [1.54, 1.807) is 37.3 Å². The van der Waals surface area contributed by atoms with E-state index < -0.39 is 0 Å². The van der Waals surface area contributed by atoms with Gasteiger partial charge in [-0.05, 0) is 37.6 Å². The fraction of sp³-hybridized carbons (Fsp3) is 0.294. The van der Waals surface area contributed by atoms with Gasteiger partial charge < -0.3 is 5.32 Å². The monoisotopic (exact) mass is 309 g/mol. The molecule has 1 N–H and O–H groups in total. The summed E-state index contributed by atoms with van der Waals surface area (Å²) in [6, 6.07) is 9.52. The molecule has 0 aromatic heterocycles. The predicted octanol–water partition coefficient (Wildman–Crippen LogP) is 4.82. The molecule has 0 fully saturated rings. The Morgan fingerprint density at radius 2 is 1.86 bits per heavy atom. The molecule has 2 aromatic carbocycles. The summed E-state index contributed by atoms with van der Waals surface area (Å²) in [5, 5.41) is 3.57. The number of likely N-dealkylation sites (N-methyl/N-ethyl adjacent to an activating group) is 1. The van der Waals surface area contributed by atoms with E-state index in [4.69, 9.17) is 11.6 Å². The topological polar surface area (TPSA) is 12.0 Å². The third-order valence-corrected chi connectivity index (χ3v) is 3.87. The lowest BCUT2D eigenvalue weighted by atomic mass is 9.96. The molecule has 1 atom stereocenters. The molecule has 0 amide bonds. The van der Waals surface area contributed by atoms with Crippen molar-refractivity contribution in [1.29, 1.82) is 0 Å². The Hall–Kier alpha value is -1.45. The van der Waals surface area contributed by atoms with Crippen LogP contribution in [0.5, 0.6) is 0 Å². The lowest BCUT2D eigenvalue weighted by molar-refractivity contribution is 0.496. The smallest absolute Gasteiger partial charge is 0.130 e. The number of nitrogens with one attached hydrogen (secondary N) is 1. The van der Waals surface area contributed by atoms with E-state index in [1.165, 1.54) is 6.07 Å². The fourth-order valence-corrected chi connectivity index (χ4v) is 2.65. The van der Waals surface area contributed by atoms with E-state index in [2.05, 4.69) is 5.32 Å². The summed E-state index contributed by atoms with van der Waals surface area (Å²) in [4.78, 5) is 0. The normalized spacial score (nSPS) is 12.4.